The average molecular weight is 272 g/mol. The Hall–Kier alpha value is -0.160. The number of carbonyl (C=O) groups is 2. The summed E-state index contributed by atoms with van der Waals surface area (Å²) < 4.78 is 4.53. The number of hydrogen-bond donors (Lipinski definition) is 0. The molecule has 0 aromatic carbocycles. The van der Waals surface area contributed by atoms with Gasteiger partial charge in [0.15, 0.2) is 6.29 Å². The van der Waals surface area contributed by atoms with E-state index in [0.29, 0.717) is 6.29 Å². The smallest absolute Gasteiger partial charge is 0.346 e. The van der Waals surface area contributed by atoms with Crippen molar-refractivity contribution in [3.8, 4) is 0 Å². The zero-order valence-electron chi connectivity index (χ0n) is 5.06. The van der Waals surface area contributed by atoms with Crippen LogP contribution >= 0.6 is 31.9 Å². The molecule has 0 rings (SSSR count). The molecule has 5 heteroatoms. The van der Waals surface area contributed by atoms with E-state index in [0.717, 1.165) is 0 Å². The van der Waals surface area contributed by atoms with Crippen molar-refractivity contribution < 1.29 is 14.3 Å². The zero-order valence-corrected chi connectivity index (χ0v) is 8.23. The maximum Gasteiger partial charge on any atom is 0.346 e. The summed E-state index contributed by atoms with van der Waals surface area (Å²) in [5.41, 5.74) is 0. The number of ether oxygens (including phenoxy) is 1. The Bertz CT molecular complexity index is 185. The maximum atomic E-state index is 10.6. The number of rotatable bonds is 2. The summed E-state index contributed by atoms with van der Waals surface area (Å²) in [7, 11) is 1.23. The van der Waals surface area contributed by atoms with E-state index in [-0.39, 0.29) is 8.96 Å². The molecule has 0 aliphatic rings. The van der Waals surface area contributed by atoms with E-state index in [1.807, 2.05) is 0 Å². The highest BCUT2D eigenvalue weighted by Gasteiger charge is 2.09. The van der Waals surface area contributed by atoms with Gasteiger partial charge in [0.2, 0.25) is 0 Å². The molecule has 0 heterocycles. The van der Waals surface area contributed by atoms with Crippen LogP contribution in [0, 0.1) is 0 Å². The van der Waals surface area contributed by atoms with E-state index in [2.05, 4.69) is 36.6 Å². The van der Waals surface area contributed by atoms with Crippen LogP contribution in [0.3, 0.4) is 0 Å². The van der Waals surface area contributed by atoms with Crippen LogP contribution in [-0.2, 0) is 14.3 Å². The van der Waals surface area contributed by atoms with Crippen LogP contribution in [0.1, 0.15) is 0 Å². The first-order valence-corrected chi connectivity index (χ1v) is 3.80. The van der Waals surface area contributed by atoms with Crippen molar-refractivity contribution in [2.75, 3.05) is 7.11 Å². The second-order valence-electron chi connectivity index (χ2n) is 1.27. The van der Waals surface area contributed by atoms with Crippen molar-refractivity contribution in [2.45, 2.75) is 0 Å². The molecule has 0 fully saturated rings. The van der Waals surface area contributed by atoms with Crippen LogP contribution in [0.25, 0.3) is 0 Å². The first kappa shape index (κ1) is 9.84. The molecule has 0 unspecified atom stereocenters. The molecular weight excluding hydrogens is 268 g/mol. The fourth-order valence-electron chi connectivity index (χ4n) is 0.239. The molecule has 0 saturated carbocycles. The van der Waals surface area contributed by atoms with Gasteiger partial charge < -0.3 is 4.74 Å². The molecule has 0 N–H and O–H groups in total. The number of allylic oxidation sites excluding steroid dienone is 1. The van der Waals surface area contributed by atoms with Gasteiger partial charge in [0.05, 0.1) is 11.6 Å². The van der Waals surface area contributed by atoms with Gasteiger partial charge in [-0.25, -0.2) is 4.79 Å². The van der Waals surface area contributed by atoms with Gasteiger partial charge in [0, 0.05) is 0 Å². The third-order valence-corrected chi connectivity index (χ3v) is 2.54. The lowest BCUT2D eigenvalue weighted by molar-refractivity contribution is -0.135. The Morgan fingerprint density at radius 1 is 1.50 bits per heavy atom. The summed E-state index contributed by atoms with van der Waals surface area (Å²) >= 11 is 5.70. The molecule has 0 aliphatic heterocycles. The molecule has 0 radical (unpaired) electrons. The highest BCUT2D eigenvalue weighted by atomic mass is 79.9. The van der Waals surface area contributed by atoms with E-state index >= 15 is 0 Å². The van der Waals surface area contributed by atoms with Gasteiger partial charge >= 0.3 is 5.97 Å². The molecular formula is C5H4Br2O3. The van der Waals surface area contributed by atoms with Crippen molar-refractivity contribution in [3.05, 3.63) is 8.96 Å². The van der Waals surface area contributed by atoms with Crippen LogP contribution in [0.4, 0.5) is 0 Å². The van der Waals surface area contributed by atoms with E-state index in [9.17, 15) is 9.59 Å². The molecule has 56 valence electrons. The molecule has 0 aromatic rings. The molecule has 10 heavy (non-hydrogen) atoms. The van der Waals surface area contributed by atoms with Crippen molar-refractivity contribution in [3.63, 3.8) is 0 Å². The monoisotopic (exact) mass is 270 g/mol. The van der Waals surface area contributed by atoms with E-state index in [1.165, 1.54) is 7.11 Å². The van der Waals surface area contributed by atoms with Crippen molar-refractivity contribution in [2.24, 2.45) is 0 Å². The average Bonchev–Trinajstić information content (AvgIpc) is 2.00. The van der Waals surface area contributed by atoms with E-state index in [4.69, 9.17) is 0 Å². The number of aldehydes is 1. The number of halogens is 2. The first-order chi connectivity index (χ1) is 4.63. The first-order valence-electron chi connectivity index (χ1n) is 2.22. The van der Waals surface area contributed by atoms with Gasteiger partial charge in [-0.2, -0.15) is 0 Å². The molecule has 0 bridgehead atoms. The summed E-state index contributed by atoms with van der Waals surface area (Å²) in [6.07, 6.45) is 0.501. The number of esters is 1. The lowest BCUT2D eigenvalue weighted by Gasteiger charge is -1.95. The SMILES string of the molecule is COC(=O)C(Br)=C(Br)C=O. The quantitative estimate of drug-likeness (QED) is 0.433. The third kappa shape index (κ3) is 2.62. The van der Waals surface area contributed by atoms with Crippen LogP contribution in [0.5, 0.6) is 0 Å². The molecule has 0 spiro atoms. The van der Waals surface area contributed by atoms with Gasteiger partial charge in [-0.1, -0.05) is 0 Å². The Morgan fingerprint density at radius 3 is 2.30 bits per heavy atom. The topological polar surface area (TPSA) is 43.4 Å². The predicted molar refractivity (Wildman–Crippen MR) is 43.0 cm³/mol. The zero-order chi connectivity index (χ0) is 8.15. The Kier molecular flexibility index (Phi) is 4.55. The van der Waals surface area contributed by atoms with Crippen molar-refractivity contribution in [1.82, 2.24) is 0 Å². The van der Waals surface area contributed by atoms with Crippen molar-refractivity contribution in [1.29, 1.82) is 0 Å². The van der Waals surface area contributed by atoms with Gasteiger partial charge in [-0.3, -0.25) is 4.79 Å². The summed E-state index contributed by atoms with van der Waals surface area (Å²) in [5, 5.41) is 0. The maximum absolute atomic E-state index is 10.6. The standard InChI is InChI=1S/C5H4Br2O3/c1-10-5(9)4(7)3(6)2-8/h2H,1H3. The minimum absolute atomic E-state index is 0.0880. The normalized spacial score (nSPS) is 11.9. The number of hydrogen-bond acceptors (Lipinski definition) is 3. The molecule has 0 atom stereocenters. The minimum atomic E-state index is -0.584. The summed E-state index contributed by atoms with van der Waals surface area (Å²) in [4.78, 5) is 20.6. The van der Waals surface area contributed by atoms with Crippen molar-refractivity contribution >= 4 is 44.1 Å². The summed E-state index contributed by atoms with van der Waals surface area (Å²) in [6, 6.07) is 0. The predicted octanol–water partition coefficient (Wildman–Crippen LogP) is 1.36. The molecule has 0 aromatic heterocycles. The summed E-state index contributed by atoms with van der Waals surface area (Å²) in [5.74, 6) is -0.584. The minimum Gasteiger partial charge on any atom is -0.465 e. The van der Waals surface area contributed by atoms with E-state index in [1.54, 1.807) is 0 Å². The van der Waals surface area contributed by atoms with Gasteiger partial charge in [-0.05, 0) is 31.9 Å². The van der Waals surface area contributed by atoms with Crippen LogP contribution in [-0.4, -0.2) is 19.4 Å². The fourth-order valence-corrected chi connectivity index (χ4v) is 0.656. The second-order valence-corrected chi connectivity index (χ2v) is 2.92. The van der Waals surface area contributed by atoms with Crippen LogP contribution in [0.2, 0.25) is 0 Å². The molecule has 0 aliphatic carbocycles. The molecule has 3 nitrogen and oxygen atoms in total. The number of methoxy groups -OCH3 is 1. The Morgan fingerprint density at radius 2 is 2.00 bits per heavy atom. The summed E-state index contributed by atoms with van der Waals surface area (Å²) in [6.45, 7) is 0. The molecule has 0 amide bonds. The van der Waals surface area contributed by atoms with Gasteiger partial charge in [0.1, 0.15) is 4.48 Å². The Labute approximate surface area is 74.7 Å². The van der Waals surface area contributed by atoms with E-state index < -0.39 is 5.97 Å². The number of carbonyl (C=O) groups excluding carboxylic acids is 2. The Balaban J connectivity index is 4.45. The lowest BCUT2D eigenvalue weighted by atomic mass is 10.5. The largest absolute Gasteiger partial charge is 0.465 e. The molecule has 0 saturated heterocycles. The van der Waals surface area contributed by atoms with Crippen LogP contribution in [0.15, 0.2) is 8.96 Å². The highest BCUT2D eigenvalue weighted by molar-refractivity contribution is 9.14. The second kappa shape index (κ2) is 4.62. The highest BCUT2D eigenvalue weighted by Crippen LogP contribution is 2.16. The van der Waals surface area contributed by atoms with Crippen LogP contribution < -0.4 is 0 Å². The third-order valence-electron chi connectivity index (χ3n) is 0.678. The van der Waals surface area contributed by atoms with Gasteiger partial charge in [-0.15, -0.1) is 0 Å². The van der Waals surface area contributed by atoms with Gasteiger partial charge in [0.25, 0.3) is 0 Å². The lowest BCUT2D eigenvalue weighted by Crippen LogP contribution is -2.00. The fraction of sp³-hybridized carbons (Fsp3) is 0.200.